The molecule has 1 nitrogen and oxygen atoms in total. The Hall–Kier alpha value is -1.02. The van der Waals surface area contributed by atoms with Gasteiger partial charge in [0.05, 0.1) is 0 Å². The van der Waals surface area contributed by atoms with Gasteiger partial charge in [0.2, 0.25) is 0 Å². The molecule has 0 spiro atoms. The molecular weight excluding hydrogens is 156 g/mol. The van der Waals surface area contributed by atoms with Gasteiger partial charge in [-0.1, -0.05) is 23.5 Å². The average molecular weight is 164 g/mol. The molecule has 0 unspecified atom stereocenters. The van der Waals surface area contributed by atoms with Crippen LogP contribution in [0.1, 0.15) is 5.56 Å². The van der Waals surface area contributed by atoms with Crippen LogP contribution < -0.4 is 0 Å². The molecule has 0 aliphatic heterocycles. The molecule has 0 amide bonds. The van der Waals surface area contributed by atoms with Crippen LogP contribution in [0.2, 0.25) is 0 Å². The van der Waals surface area contributed by atoms with E-state index in [1.54, 1.807) is 0 Å². The summed E-state index contributed by atoms with van der Waals surface area (Å²) in [6.07, 6.45) is 0. The lowest BCUT2D eigenvalue weighted by molar-refractivity contribution is 0.491. The Bertz CT molecular complexity index is 389. The van der Waals surface area contributed by atoms with Gasteiger partial charge in [0.25, 0.3) is 0 Å². The molecule has 11 heavy (non-hydrogen) atoms. The van der Waals surface area contributed by atoms with E-state index in [1.807, 2.05) is 18.2 Å². The standard InChI is InChI=1S/C9H8OS/c1-6-3-2-4-8-7(6)5-9(10)11-8/h2-5,10H,1H3. The first-order valence-electron chi connectivity index (χ1n) is 3.45. The van der Waals surface area contributed by atoms with Crippen LogP contribution in [0.25, 0.3) is 10.1 Å². The van der Waals surface area contributed by atoms with E-state index in [4.69, 9.17) is 0 Å². The molecule has 2 aromatic rings. The largest absolute Gasteiger partial charge is 0.499 e. The Morgan fingerprint density at radius 3 is 2.91 bits per heavy atom. The topological polar surface area (TPSA) is 20.2 Å². The maximum Gasteiger partial charge on any atom is 0.172 e. The third-order valence-electron chi connectivity index (χ3n) is 1.77. The van der Waals surface area contributed by atoms with Crippen molar-refractivity contribution >= 4 is 21.4 Å². The molecule has 2 rings (SSSR count). The molecular formula is C9H8OS. The Balaban J connectivity index is 2.90. The van der Waals surface area contributed by atoms with Crippen LogP contribution in [0.15, 0.2) is 24.3 Å². The molecule has 1 aromatic carbocycles. The van der Waals surface area contributed by atoms with Crippen molar-refractivity contribution in [3.05, 3.63) is 29.8 Å². The van der Waals surface area contributed by atoms with Crippen molar-refractivity contribution in [3.63, 3.8) is 0 Å². The van der Waals surface area contributed by atoms with E-state index >= 15 is 0 Å². The van der Waals surface area contributed by atoms with E-state index in [9.17, 15) is 5.11 Å². The third kappa shape index (κ3) is 0.994. The van der Waals surface area contributed by atoms with Gasteiger partial charge in [-0.3, -0.25) is 0 Å². The van der Waals surface area contributed by atoms with Gasteiger partial charge in [-0.2, -0.15) is 0 Å². The molecule has 0 aliphatic carbocycles. The number of rotatable bonds is 0. The summed E-state index contributed by atoms with van der Waals surface area (Å²) < 4.78 is 1.16. The molecule has 0 fully saturated rings. The summed E-state index contributed by atoms with van der Waals surface area (Å²) in [6, 6.07) is 7.89. The Kier molecular flexibility index (Phi) is 1.36. The molecule has 1 heterocycles. The van der Waals surface area contributed by atoms with E-state index in [1.165, 1.54) is 16.9 Å². The normalized spacial score (nSPS) is 10.6. The fourth-order valence-corrected chi connectivity index (χ4v) is 2.07. The number of hydrogen-bond acceptors (Lipinski definition) is 2. The molecule has 0 bridgehead atoms. The lowest BCUT2D eigenvalue weighted by Gasteiger charge is -1.91. The Labute approximate surface area is 68.9 Å². The van der Waals surface area contributed by atoms with E-state index < -0.39 is 0 Å². The molecule has 1 N–H and O–H groups in total. The molecule has 0 saturated heterocycles. The molecule has 56 valence electrons. The molecule has 2 heteroatoms. The maximum absolute atomic E-state index is 9.20. The minimum Gasteiger partial charge on any atom is -0.499 e. The number of aryl methyl sites for hydroxylation is 1. The van der Waals surface area contributed by atoms with Crippen molar-refractivity contribution in [2.24, 2.45) is 0 Å². The van der Waals surface area contributed by atoms with E-state index in [0.717, 1.165) is 10.1 Å². The minimum atomic E-state index is 0.398. The highest BCUT2D eigenvalue weighted by molar-refractivity contribution is 7.20. The zero-order valence-electron chi connectivity index (χ0n) is 6.16. The highest BCUT2D eigenvalue weighted by Gasteiger charge is 2.00. The second-order valence-corrected chi connectivity index (χ2v) is 3.63. The maximum atomic E-state index is 9.20. The predicted octanol–water partition coefficient (Wildman–Crippen LogP) is 2.92. The Morgan fingerprint density at radius 1 is 1.36 bits per heavy atom. The number of aromatic hydroxyl groups is 1. The molecule has 0 radical (unpaired) electrons. The summed E-state index contributed by atoms with van der Waals surface area (Å²) >= 11 is 1.42. The SMILES string of the molecule is Cc1cccc2sc(O)cc12. The van der Waals surface area contributed by atoms with Gasteiger partial charge in [0.15, 0.2) is 5.06 Å². The number of benzene rings is 1. The minimum absolute atomic E-state index is 0.398. The summed E-state index contributed by atoms with van der Waals surface area (Å²) in [5, 5.41) is 10.8. The van der Waals surface area contributed by atoms with Crippen molar-refractivity contribution in [2.45, 2.75) is 6.92 Å². The van der Waals surface area contributed by atoms with Gasteiger partial charge in [0.1, 0.15) is 0 Å². The summed E-state index contributed by atoms with van der Waals surface area (Å²) in [6.45, 7) is 2.05. The smallest absolute Gasteiger partial charge is 0.172 e. The van der Waals surface area contributed by atoms with Crippen LogP contribution in [0.5, 0.6) is 5.06 Å². The van der Waals surface area contributed by atoms with Gasteiger partial charge in [-0.05, 0) is 30.0 Å². The van der Waals surface area contributed by atoms with Gasteiger partial charge >= 0.3 is 0 Å². The summed E-state index contributed by atoms with van der Waals surface area (Å²) in [5.41, 5.74) is 1.22. The average Bonchev–Trinajstić information content (AvgIpc) is 2.31. The van der Waals surface area contributed by atoms with Gasteiger partial charge in [-0.25, -0.2) is 0 Å². The Morgan fingerprint density at radius 2 is 2.18 bits per heavy atom. The van der Waals surface area contributed by atoms with Gasteiger partial charge in [0, 0.05) is 4.70 Å². The quantitative estimate of drug-likeness (QED) is 0.634. The summed E-state index contributed by atoms with van der Waals surface area (Å²) in [7, 11) is 0. The lowest BCUT2D eigenvalue weighted by Crippen LogP contribution is -1.68. The molecule has 0 aliphatic rings. The number of hydrogen-bond donors (Lipinski definition) is 1. The predicted molar refractivity (Wildman–Crippen MR) is 48.2 cm³/mol. The van der Waals surface area contributed by atoms with E-state index in [2.05, 4.69) is 13.0 Å². The zero-order chi connectivity index (χ0) is 7.84. The van der Waals surface area contributed by atoms with Crippen LogP contribution >= 0.6 is 11.3 Å². The van der Waals surface area contributed by atoms with Crippen molar-refractivity contribution in [1.29, 1.82) is 0 Å². The van der Waals surface area contributed by atoms with E-state index in [-0.39, 0.29) is 0 Å². The lowest BCUT2D eigenvalue weighted by atomic mass is 10.2. The van der Waals surface area contributed by atoms with Crippen molar-refractivity contribution in [2.75, 3.05) is 0 Å². The highest BCUT2D eigenvalue weighted by Crippen LogP contribution is 2.31. The molecule has 1 aromatic heterocycles. The monoisotopic (exact) mass is 164 g/mol. The van der Waals surface area contributed by atoms with Crippen molar-refractivity contribution < 1.29 is 5.11 Å². The van der Waals surface area contributed by atoms with Crippen molar-refractivity contribution in [1.82, 2.24) is 0 Å². The van der Waals surface area contributed by atoms with Gasteiger partial charge < -0.3 is 5.11 Å². The molecule has 0 saturated carbocycles. The second-order valence-electron chi connectivity index (χ2n) is 2.57. The van der Waals surface area contributed by atoms with E-state index in [0.29, 0.717) is 5.06 Å². The zero-order valence-corrected chi connectivity index (χ0v) is 6.98. The van der Waals surface area contributed by atoms with Crippen LogP contribution in [0.4, 0.5) is 0 Å². The fourth-order valence-electron chi connectivity index (χ4n) is 1.19. The van der Waals surface area contributed by atoms with Crippen LogP contribution in [-0.4, -0.2) is 5.11 Å². The number of thiophene rings is 1. The highest BCUT2D eigenvalue weighted by atomic mass is 32.1. The first-order valence-corrected chi connectivity index (χ1v) is 4.27. The van der Waals surface area contributed by atoms with Crippen LogP contribution in [0, 0.1) is 6.92 Å². The fraction of sp³-hybridized carbons (Fsp3) is 0.111. The summed E-state index contributed by atoms with van der Waals surface area (Å²) in [5.74, 6) is 0. The van der Waals surface area contributed by atoms with Gasteiger partial charge in [-0.15, -0.1) is 0 Å². The summed E-state index contributed by atoms with van der Waals surface area (Å²) in [4.78, 5) is 0. The van der Waals surface area contributed by atoms with Crippen molar-refractivity contribution in [3.8, 4) is 5.06 Å². The second kappa shape index (κ2) is 2.24. The van der Waals surface area contributed by atoms with Crippen LogP contribution in [0.3, 0.4) is 0 Å². The van der Waals surface area contributed by atoms with Crippen LogP contribution in [-0.2, 0) is 0 Å². The third-order valence-corrected chi connectivity index (χ3v) is 2.67. The number of fused-ring (bicyclic) bond motifs is 1. The first kappa shape index (κ1) is 6.68. The first-order chi connectivity index (χ1) is 5.27. The molecule has 0 atom stereocenters.